The van der Waals surface area contributed by atoms with Crippen LogP contribution < -0.4 is 4.74 Å². The second-order valence-corrected chi connectivity index (χ2v) is 14.5. The molecule has 0 N–H and O–H groups in total. The third-order valence-electron chi connectivity index (χ3n) is 8.16. The summed E-state index contributed by atoms with van der Waals surface area (Å²) in [5, 5.41) is 0. The highest BCUT2D eigenvalue weighted by Crippen LogP contribution is 2.55. The maximum atomic E-state index is 14.1. The number of ether oxygens (including phenoxy) is 2. The van der Waals surface area contributed by atoms with Crippen LogP contribution in [0.15, 0.2) is 74.0 Å². The molecule has 0 saturated heterocycles. The van der Waals surface area contributed by atoms with Crippen molar-refractivity contribution in [3.63, 3.8) is 0 Å². The molecule has 3 aliphatic rings. The van der Waals surface area contributed by atoms with Crippen molar-refractivity contribution in [2.24, 2.45) is 10.8 Å². The molecule has 5 nitrogen and oxygen atoms in total. The maximum absolute atomic E-state index is 14.1. The lowest BCUT2D eigenvalue weighted by Crippen LogP contribution is -2.45. The minimum atomic E-state index is -0.470. The number of hydrogen-bond donors (Lipinski definition) is 0. The Balaban J connectivity index is 1.71. The van der Waals surface area contributed by atoms with Crippen LogP contribution in [-0.4, -0.2) is 36.7 Å². The van der Waals surface area contributed by atoms with Crippen LogP contribution in [0.3, 0.4) is 0 Å². The molecule has 212 valence electrons. The topological polar surface area (TPSA) is 55.8 Å². The molecule has 0 saturated carbocycles. The number of nitrogens with zero attached hydrogens (tertiary/aromatic N) is 1. The van der Waals surface area contributed by atoms with Gasteiger partial charge < -0.3 is 14.4 Å². The fourth-order valence-electron chi connectivity index (χ4n) is 6.46. The Bertz CT molecular complexity index is 1370. The summed E-state index contributed by atoms with van der Waals surface area (Å²) in [4.78, 5) is 30.4. The molecule has 7 heteroatoms. The number of carbonyl (C=O) groups excluding carboxylic acids is 2. The van der Waals surface area contributed by atoms with Gasteiger partial charge in [0.25, 0.3) is 0 Å². The first kappa shape index (κ1) is 29.3. The van der Waals surface area contributed by atoms with Crippen LogP contribution in [0.4, 0.5) is 0 Å². The summed E-state index contributed by atoms with van der Waals surface area (Å²) in [5.74, 6) is 0.435. The first-order chi connectivity index (χ1) is 18.9. The Morgan fingerprint density at radius 3 is 2.05 bits per heavy atom. The molecule has 0 amide bonds. The van der Waals surface area contributed by atoms with Gasteiger partial charge in [-0.05, 0) is 47.9 Å². The van der Waals surface area contributed by atoms with E-state index in [-0.39, 0.29) is 22.4 Å². The molecular weight excluding hydrogens is 634 g/mol. The molecule has 1 aliphatic heterocycles. The van der Waals surface area contributed by atoms with E-state index < -0.39 is 5.92 Å². The average Bonchev–Trinajstić information content (AvgIpc) is 2.86. The number of carbonyl (C=O) groups is 2. The van der Waals surface area contributed by atoms with Crippen LogP contribution in [0.1, 0.15) is 70.4 Å². The first-order valence-corrected chi connectivity index (χ1v) is 15.4. The van der Waals surface area contributed by atoms with Crippen LogP contribution in [-0.2, 0) is 20.9 Å². The average molecular weight is 671 g/mol. The number of hydrogen-bond acceptors (Lipinski definition) is 5. The maximum Gasteiger partial charge on any atom is 0.162 e. The van der Waals surface area contributed by atoms with Crippen LogP contribution in [0.5, 0.6) is 5.75 Å². The molecule has 1 heterocycles. The van der Waals surface area contributed by atoms with Gasteiger partial charge in [-0.15, -0.1) is 0 Å². The van der Waals surface area contributed by atoms with E-state index in [4.69, 9.17) is 9.47 Å². The SMILES string of the molecule is COCCN1C2=C(C(=O)CC(C)(C)C2)C(c2cc(Br)ccc2OCc2ccccc2Br)C2=C1CC(C)(C)CC2=O. The molecule has 0 radical (unpaired) electrons. The van der Waals surface area contributed by atoms with E-state index in [2.05, 4.69) is 64.5 Å². The molecule has 0 bridgehead atoms. The largest absolute Gasteiger partial charge is 0.489 e. The zero-order valence-electron chi connectivity index (χ0n) is 23.9. The number of halogens is 2. The van der Waals surface area contributed by atoms with Crippen LogP contribution in [0, 0.1) is 10.8 Å². The number of benzene rings is 2. The first-order valence-electron chi connectivity index (χ1n) is 13.9. The summed E-state index contributed by atoms with van der Waals surface area (Å²) in [6.07, 6.45) is 2.43. The van der Waals surface area contributed by atoms with E-state index in [1.54, 1.807) is 7.11 Å². The van der Waals surface area contributed by atoms with E-state index in [0.717, 1.165) is 55.5 Å². The normalized spacial score (nSPS) is 20.5. The van der Waals surface area contributed by atoms with Crippen LogP contribution in [0.25, 0.3) is 0 Å². The minimum Gasteiger partial charge on any atom is -0.489 e. The fraction of sp³-hybridized carbons (Fsp3) is 0.455. The molecule has 0 aromatic heterocycles. The van der Waals surface area contributed by atoms with Gasteiger partial charge >= 0.3 is 0 Å². The van der Waals surface area contributed by atoms with Gasteiger partial charge in [0.2, 0.25) is 0 Å². The van der Waals surface area contributed by atoms with Crippen molar-refractivity contribution in [3.8, 4) is 5.75 Å². The van der Waals surface area contributed by atoms with E-state index in [1.165, 1.54) is 0 Å². The Labute approximate surface area is 254 Å². The van der Waals surface area contributed by atoms with Gasteiger partial charge in [-0.1, -0.05) is 77.8 Å². The van der Waals surface area contributed by atoms with Crippen molar-refractivity contribution in [2.45, 2.75) is 65.9 Å². The van der Waals surface area contributed by atoms with E-state index in [9.17, 15) is 9.59 Å². The summed E-state index contributed by atoms with van der Waals surface area (Å²) in [7, 11) is 1.69. The smallest absolute Gasteiger partial charge is 0.162 e. The number of Topliss-reactive ketones (excluding diaryl/α,β-unsaturated/α-hetero) is 2. The molecule has 0 atom stereocenters. The second kappa shape index (κ2) is 11.2. The molecule has 2 aliphatic carbocycles. The quantitative estimate of drug-likeness (QED) is 0.298. The van der Waals surface area contributed by atoms with Crippen LogP contribution >= 0.6 is 31.9 Å². The molecule has 0 fully saturated rings. The highest BCUT2D eigenvalue weighted by atomic mass is 79.9. The number of methoxy groups -OCH3 is 1. The zero-order valence-corrected chi connectivity index (χ0v) is 27.1. The molecule has 40 heavy (non-hydrogen) atoms. The van der Waals surface area contributed by atoms with E-state index >= 15 is 0 Å². The monoisotopic (exact) mass is 669 g/mol. The molecule has 2 aromatic rings. The summed E-state index contributed by atoms with van der Waals surface area (Å²) in [6, 6.07) is 13.9. The Morgan fingerprint density at radius 1 is 0.875 bits per heavy atom. The third-order valence-corrected chi connectivity index (χ3v) is 9.43. The van der Waals surface area contributed by atoms with E-state index in [1.807, 2.05) is 42.5 Å². The highest BCUT2D eigenvalue weighted by molar-refractivity contribution is 9.10. The van der Waals surface area contributed by atoms with Crippen molar-refractivity contribution in [1.82, 2.24) is 4.90 Å². The van der Waals surface area contributed by atoms with Gasteiger partial charge in [-0.25, -0.2) is 0 Å². The van der Waals surface area contributed by atoms with Crippen molar-refractivity contribution >= 4 is 43.4 Å². The molecule has 5 rings (SSSR count). The van der Waals surface area contributed by atoms with Gasteiger partial charge in [-0.2, -0.15) is 0 Å². The van der Waals surface area contributed by atoms with Crippen molar-refractivity contribution < 1.29 is 19.1 Å². The molecule has 0 unspecified atom stereocenters. The zero-order chi connectivity index (χ0) is 28.8. The van der Waals surface area contributed by atoms with Crippen molar-refractivity contribution in [3.05, 3.63) is 85.1 Å². The second-order valence-electron chi connectivity index (χ2n) is 12.7. The van der Waals surface area contributed by atoms with Crippen molar-refractivity contribution in [1.29, 1.82) is 0 Å². The van der Waals surface area contributed by atoms with Gasteiger partial charge in [0.1, 0.15) is 12.4 Å². The number of rotatable bonds is 7. The van der Waals surface area contributed by atoms with Gasteiger partial charge in [0, 0.05) is 75.0 Å². The van der Waals surface area contributed by atoms with E-state index in [0.29, 0.717) is 38.3 Å². The van der Waals surface area contributed by atoms with Gasteiger partial charge in [0.05, 0.1) is 6.61 Å². The minimum absolute atomic E-state index is 0.111. The lowest BCUT2D eigenvalue weighted by Gasteiger charge is -2.49. The van der Waals surface area contributed by atoms with Crippen LogP contribution in [0.2, 0.25) is 0 Å². The summed E-state index contributed by atoms with van der Waals surface area (Å²) >= 11 is 7.29. The van der Waals surface area contributed by atoms with Gasteiger partial charge in [0.15, 0.2) is 11.6 Å². The Morgan fingerprint density at radius 2 is 1.48 bits per heavy atom. The number of ketones is 2. The van der Waals surface area contributed by atoms with Crippen molar-refractivity contribution in [2.75, 3.05) is 20.3 Å². The summed E-state index contributed by atoms with van der Waals surface area (Å²) in [6.45, 7) is 10.1. The molecular formula is C33H37Br2NO4. The van der Waals surface area contributed by atoms with Gasteiger partial charge in [-0.3, -0.25) is 9.59 Å². The lowest BCUT2D eigenvalue weighted by atomic mass is 9.63. The molecule has 0 spiro atoms. The third kappa shape index (κ3) is 5.75. The lowest BCUT2D eigenvalue weighted by molar-refractivity contribution is -0.119. The predicted molar refractivity (Wildman–Crippen MR) is 164 cm³/mol. The predicted octanol–water partition coefficient (Wildman–Crippen LogP) is 8.12. The Hall–Kier alpha value is -2.22. The molecule has 2 aromatic carbocycles. The number of allylic oxidation sites excluding steroid dienone is 4. The Kier molecular flexibility index (Phi) is 8.21. The fourth-order valence-corrected chi connectivity index (χ4v) is 7.24. The highest BCUT2D eigenvalue weighted by Gasteiger charge is 2.49. The standard InChI is InChI=1S/C33H37Br2NO4/c1-32(2)15-24-30(26(37)17-32)29(31-25(36(24)12-13-39-5)16-33(3,4)18-27(31)38)22-14-21(34)10-11-28(22)40-19-20-8-6-7-9-23(20)35/h6-11,14,29H,12-13,15-19H2,1-5H3. The summed E-state index contributed by atoms with van der Waals surface area (Å²) in [5.41, 5.74) is 5.08. The summed E-state index contributed by atoms with van der Waals surface area (Å²) < 4.78 is 13.8.